The number of anilines is 2. The number of piperidine rings is 1. The Kier molecular flexibility index (Phi) is 10.6. The number of hydrogen-bond acceptors (Lipinski definition) is 8. The lowest BCUT2D eigenvalue weighted by Crippen LogP contribution is -2.58. The molecule has 10 nitrogen and oxygen atoms in total. The molecule has 16 heteroatoms. The Morgan fingerprint density at radius 1 is 1.00 bits per heavy atom. The predicted molar refractivity (Wildman–Crippen MR) is 120 cm³/mol. The van der Waals surface area contributed by atoms with Crippen LogP contribution in [0.25, 0.3) is 0 Å². The zero-order valence-corrected chi connectivity index (χ0v) is 19.9. The molecule has 0 unspecified atom stereocenters. The fourth-order valence-corrected chi connectivity index (χ4v) is 3.72. The third kappa shape index (κ3) is 9.64. The van der Waals surface area contributed by atoms with Crippen molar-refractivity contribution < 1.29 is 50.9 Å². The fourth-order valence-electron chi connectivity index (χ4n) is 3.72. The van der Waals surface area contributed by atoms with Crippen molar-refractivity contribution in [2.75, 3.05) is 29.9 Å². The molecule has 4 rings (SSSR count). The van der Waals surface area contributed by atoms with Gasteiger partial charge in [0.25, 0.3) is 0 Å². The van der Waals surface area contributed by atoms with Crippen molar-refractivity contribution in [3.63, 3.8) is 0 Å². The second-order valence-corrected chi connectivity index (χ2v) is 8.25. The van der Waals surface area contributed by atoms with E-state index in [2.05, 4.69) is 31.5 Å². The highest BCUT2D eigenvalue weighted by molar-refractivity contribution is 5.73. The van der Waals surface area contributed by atoms with Gasteiger partial charge < -0.3 is 25.2 Å². The van der Waals surface area contributed by atoms with Crippen LogP contribution in [0.4, 0.5) is 38.0 Å². The molecule has 3 atom stereocenters. The number of carbonyl (C=O) groups is 2. The van der Waals surface area contributed by atoms with Crippen LogP contribution in [-0.4, -0.2) is 81.5 Å². The molecule has 0 saturated carbocycles. The topological polar surface area (TPSA) is 138 Å². The van der Waals surface area contributed by atoms with E-state index in [1.165, 1.54) is 6.42 Å². The van der Waals surface area contributed by atoms with Crippen LogP contribution in [0.5, 0.6) is 0 Å². The van der Waals surface area contributed by atoms with Crippen molar-refractivity contribution in [1.29, 1.82) is 0 Å². The highest BCUT2D eigenvalue weighted by atomic mass is 19.4. The molecule has 4 heterocycles. The van der Waals surface area contributed by atoms with Gasteiger partial charge >= 0.3 is 24.3 Å². The zero-order chi connectivity index (χ0) is 28.5. The molecule has 0 aromatic carbocycles. The number of fused-ring (bicyclic) bond motifs is 1. The minimum Gasteiger partial charge on any atom is -0.475 e. The number of ether oxygens (including phenoxy) is 1. The molecule has 0 spiro atoms. The molecule has 0 radical (unpaired) electrons. The van der Waals surface area contributed by atoms with Crippen LogP contribution < -0.4 is 10.2 Å². The van der Waals surface area contributed by atoms with Crippen molar-refractivity contribution >= 4 is 23.6 Å². The Morgan fingerprint density at radius 3 is 2.13 bits per heavy atom. The van der Waals surface area contributed by atoms with Crippen molar-refractivity contribution in [3.05, 3.63) is 42.2 Å². The minimum atomic E-state index is -5.08. The molecule has 38 heavy (non-hydrogen) atoms. The Morgan fingerprint density at radius 2 is 1.63 bits per heavy atom. The van der Waals surface area contributed by atoms with E-state index in [-0.39, 0.29) is 12.1 Å². The van der Waals surface area contributed by atoms with Gasteiger partial charge in [0.2, 0.25) is 0 Å². The van der Waals surface area contributed by atoms with Gasteiger partial charge in [-0.2, -0.15) is 31.4 Å². The Bertz CT molecular complexity index is 1020. The monoisotopic (exact) mass is 553 g/mol. The average molecular weight is 553 g/mol. The maximum Gasteiger partial charge on any atom is 0.490 e. The van der Waals surface area contributed by atoms with E-state index in [1.807, 2.05) is 37.4 Å². The van der Waals surface area contributed by atoms with Crippen molar-refractivity contribution in [2.45, 2.75) is 44.3 Å². The fraction of sp³-hybridized carbons (Fsp3) is 0.500. The highest BCUT2D eigenvalue weighted by Gasteiger charge is 2.40. The smallest absolute Gasteiger partial charge is 0.475 e. The Balaban J connectivity index is 0.000000301. The number of aromatic nitrogens is 3. The summed E-state index contributed by atoms with van der Waals surface area (Å²) in [5, 5.41) is 26.4. The summed E-state index contributed by atoms with van der Waals surface area (Å²) in [4.78, 5) is 24.5. The molecule has 2 aromatic rings. The van der Waals surface area contributed by atoms with Crippen LogP contribution in [0.2, 0.25) is 0 Å². The second-order valence-electron chi connectivity index (χ2n) is 8.25. The van der Waals surface area contributed by atoms with Gasteiger partial charge in [-0.25, -0.2) is 14.6 Å². The maximum atomic E-state index is 10.6. The van der Waals surface area contributed by atoms with Crippen LogP contribution in [0.3, 0.4) is 0 Å². The predicted octanol–water partition coefficient (Wildman–Crippen LogP) is 3.54. The van der Waals surface area contributed by atoms with Gasteiger partial charge in [-0.1, -0.05) is 6.07 Å². The van der Waals surface area contributed by atoms with E-state index < -0.39 is 24.3 Å². The van der Waals surface area contributed by atoms with Crippen LogP contribution in [0.1, 0.15) is 18.5 Å². The SMILES string of the molecule is Cc1ccc(N2C[C@@H]3CCCO[C@@H]3[C@H](Nc3ccccn3)C2)nn1.O=C(O)C(F)(F)F.O=C(O)C(F)(F)F. The van der Waals surface area contributed by atoms with E-state index in [1.54, 1.807) is 0 Å². The summed E-state index contributed by atoms with van der Waals surface area (Å²) in [7, 11) is 0. The molecule has 0 bridgehead atoms. The molecule has 3 N–H and O–H groups in total. The molecule has 2 fully saturated rings. The van der Waals surface area contributed by atoms with Gasteiger partial charge in [-0.15, -0.1) is 5.10 Å². The van der Waals surface area contributed by atoms with E-state index in [0.717, 1.165) is 43.4 Å². The number of carboxylic acids is 2. The number of hydrogen-bond donors (Lipinski definition) is 3. The Labute approximate surface area is 212 Å². The number of rotatable bonds is 3. The van der Waals surface area contributed by atoms with Gasteiger partial charge in [0.15, 0.2) is 5.82 Å². The molecule has 210 valence electrons. The van der Waals surface area contributed by atoms with E-state index in [9.17, 15) is 26.3 Å². The number of aryl methyl sites for hydroxylation is 1. The van der Waals surface area contributed by atoms with Crippen LogP contribution in [-0.2, 0) is 14.3 Å². The van der Waals surface area contributed by atoms with Crippen LogP contribution in [0.15, 0.2) is 36.5 Å². The van der Waals surface area contributed by atoms with Crippen molar-refractivity contribution in [3.8, 4) is 0 Å². The van der Waals surface area contributed by atoms with E-state index >= 15 is 0 Å². The summed E-state index contributed by atoms with van der Waals surface area (Å²) >= 11 is 0. The highest BCUT2D eigenvalue weighted by Crippen LogP contribution is 2.31. The number of nitrogens with zero attached hydrogens (tertiary/aromatic N) is 4. The number of alkyl halides is 6. The summed E-state index contributed by atoms with van der Waals surface area (Å²) < 4.78 is 69.6. The lowest BCUT2D eigenvalue weighted by Gasteiger charge is -2.46. The average Bonchev–Trinajstić information content (AvgIpc) is 2.85. The first-order valence-corrected chi connectivity index (χ1v) is 11.1. The molecule has 2 aliphatic rings. The number of aliphatic carboxylic acids is 2. The maximum absolute atomic E-state index is 10.6. The Hall–Kier alpha value is -3.69. The summed E-state index contributed by atoms with van der Waals surface area (Å²) in [5.41, 5.74) is 0.942. The third-order valence-electron chi connectivity index (χ3n) is 5.35. The van der Waals surface area contributed by atoms with Gasteiger partial charge in [0.05, 0.1) is 17.8 Å². The normalized spacial score (nSPS) is 21.0. The number of nitrogens with one attached hydrogen (secondary N) is 1. The first-order chi connectivity index (χ1) is 17.7. The number of pyridine rings is 1. The molecule has 2 aliphatic heterocycles. The first-order valence-electron chi connectivity index (χ1n) is 11.1. The minimum absolute atomic E-state index is 0.196. The molecular weight excluding hydrogens is 528 g/mol. The van der Waals surface area contributed by atoms with E-state index in [0.29, 0.717) is 5.92 Å². The van der Waals surface area contributed by atoms with Crippen LogP contribution >= 0.6 is 0 Å². The lowest BCUT2D eigenvalue weighted by atomic mass is 9.85. The second kappa shape index (κ2) is 13.2. The zero-order valence-electron chi connectivity index (χ0n) is 19.9. The first kappa shape index (κ1) is 30.5. The molecule has 2 aromatic heterocycles. The quantitative estimate of drug-likeness (QED) is 0.484. The van der Waals surface area contributed by atoms with Gasteiger partial charge in [-0.05, 0) is 44.0 Å². The van der Waals surface area contributed by atoms with Crippen LogP contribution in [0, 0.1) is 12.8 Å². The summed E-state index contributed by atoms with van der Waals surface area (Å²) in [6, 6.07) is 10.2. The lowest BCUT2D eigenvalue weighted by molar-refractivity contribution is -0.193. The largest absolute Gasteiger partial charge is 0.490 e. The van der Waals surface area contributed by atoms with Gasteiger partial charge in [0.1, 0.15) is 5.82 Å². The van der Waals surface area contributed by atoms with E-state index in [4.69, 9.17) is 24.5 Å². The molecule has 0 amide bonds. The van der Waals surface area contributed by atoms with Gasteiger partial charge in [0, 0.05) is 31.8 Å². The summed E-state index contributed by atoms with van der Waals surface area (Å²) in [6.45, 7) is 4.63. The molecule has 0 aliphatic carbocycles. The summed E-state index contributed by atoms with van der Waals surface area (Å²) in [5.74, 6) is -3.17. The standard InChI is InChI=1S/C18H23N5O.2C2HF3O2/c1-13-7-8-17(22-21-13)23-11-14-5-4-10-24-18(14)15(12-23)20-16-6-2-3-9-19-16;2*3-2(4,5)1(6)7/h2-3,6-9,14-15,18H,4-5,10-12H2,1H3,(H,19,20);2*(H,6,7)/t14-,15+,18-;;/m0../s1. The van der Waals surface area contributed by atoms with Crippen molar-refractivity contribution in [2.24, 2.45) is 5.92 Å². The van der Waals surface area contributed by atoms with Crippen molar-refractivity contribution in [1.82, 2.24) is 15.2 Å². The summed E-state index contributed by atoms with van der Waals surface area (Å²) in [6.07, 6.45) is -5.80. The number of carboxylic acid groups (broad SMARTS) is 2. The molecule has 2 saturated heterocycles. The number of halogens is 6. The third-order valence-corrected chi connectivity index (χ3v) is 5.35. The van der Waals surface area contributed by atoms with Gasteiger partial charge in [-0.3, -0.25) is 0 Å². The molecular formula is C22H25F6N5O5.